The highest BCUT2D eigenvalue weighted by Gasteiger charge is 2.29. The van der Waals surface area contributed by atoms with Crippen molar-refractivity contribution in [1.29, 1.82) is 0 Å². The van der Waals surface area contributed by atoms with E-state index in [-0.39, 0.29) is 12.5 Å². The van der Waals surface area contributed by atoms with Crippen LogP contribution in [0.15, 0.2) is 78.9 Å². The smallest absolute Gasteiger partial charge is 0.409 e. The zero-order valence-electron chi connectivity index (χ0n) is 15.2. The number of amides is 2. The van der Waals surface area contributed by atoms with Crippen LogP contribution in [0.5, 0.6) is 0 Å². The van der Waals surface area contributed by atoms with Crippen molar-refractivity contribution >= 4 is 12.5 Å². The van der Waals surface area contributed by atoms with Crippen LogP contribution in [0.4, 0.5) is 4.79 Å². The van der Waals surface area contributed by atoms with Crippen LogP contribution in [-0.2, 0) is 9.53 Å². The Morgan fingerprint density at radius 3 is 2.07 bits per heavy atom. The second kappa shape index (κ2) is 7.96. The fourth-order valence-electron chi connectivity index (χ4n) is 3.69. The molecule has 0 saturated heterocycles. The Hall–Kier alpha value is -3.60. The van der Waals surface area contributed by atoms with Gasteiger partial charge in [-0.3, -0.25) is 10.1 Å². The fraction of sp³-hybridized carbons (Fsp3) is 0.130. The van der Waals surface area contributed by atoms with Crippen molar-refractivity contribution in [2.24, 2.45) is 0 Å². The molecular weight excluding hydrogens is 352 g/mol. The summed E-state index contributed by atoms with van der Waals surface area (Å²) in [7, 11) is 0. The average molecular weight is 372 g/mol. The maximum atomic E-state index is 12.4. The predicted octanol–water partition coefficient (Wildman–Crippen LogP) is 3.97. The van der Waals surface area contributed by atoms with Crippen LogP contribution in [0, 0.1) is 0 Å². The van der Waals surface area contributed by atoms with E-state index in [4.69, 9.17) is 4.74 Å². The van der Waals surface area contributed by atoms with Gasteiger partial charge in [-0.2, -0.15) is 0 Å². The minimum atomic E-state index is -0.644. The van der Waals surface area contributed by atoms with Crippen molar-refractivity contribution in [3.8, 4) is 11.1 Å². The van der Waals surface area contributed by atoms with Crippen LogP contribution in [0.25, 0.3) is 11.1 Å². The Morgan fingerprint density at radius 2 is 1.46 bits per heavy atom. The second-order valence-electron chi connectivity index (χ2n) is 6.60. The van der Waals surface area contributed by atoms with Gasteiger partial charge in [-0.05, 0) is 27.8 Å². The summed E-state index contributed by atoms with van der Waals surface area (Å²) in [5.41, 5.74) is 5.43. The molecule has 1 aliphatic carbocycles. The number of rotatable bonds is 6. The minimum absolute atomic E-state index is 0.00708. The molecule has 3 aromatic rings. The van der Waals surface area contributed by atoms with Gasteiger partial charge in [-0.15, -0.1) is 0 Å². The topological polar surface area (TPSA) is 67.4 Å². The lowest BCUT2D eigenvalue weighted by Gasteiger charge is -2.19. The van der Waals surface area contributed by atoms with E-state index in [1.54, 1.807) is 0 Å². The second-order valence-corrected chi connectivity index (χ2v) is 6.60. The normalized spacial score (nSPS) is 13.1. The summed E-state index contributed by atoms with van der Waals surface area (Å²) in [6, 6.07) is 25.6. The Balaban J connectivity index is 1.47. The van der Waals surface area contributed by atoms with Crippen LogP contribution in [0.2, 0.25) is 0 Å². The highest BCUT2D eigenvalue weighted by atomic mass is 16.5. The first kappa shape index (κ1) is 17.8. The zero-order valence-corrected chi connectivity index (χ0v) is 15.2. The maximum Gasteiger partial charge on any atom is 0.409 e. The van der Waals surface area contributed by atoms with E-state index >= 15 is 0 Å². The number of nitrogens with one attached hydrogen (secondary N) is 2. The minimum Gasteiger partial charge on any atom is -0.449 e. The summed E-state index contributed by atoms with van der Waals surface area (Å²) in [6.45, 7) is 0.225. The number of ether oxygens (including phenoxy) is 1. The Morgan fingerprint density at radius 1 is 0.893 bits per heavy atom. The highest BCUT2D eigenvalue weighted by molar-refractivity contribution is 5.79. The maximum absolute atomic E-state index is 12.4. The summed E-state index contributed by atoms with van der Waals surface area (Å²) in [5.74, 6) is -0.00708. The van der Waals surface area contributed by atoms with E-state index in [9.17, 15) is 9.59 Å². The Kier molecular flexibility index (Phi) is 5.06. The molecule has 0 bridgehead atoms. The molecule has 0 fully saturated rings. The first-order chi connectivity index (χ1) is 13.8. The summed E-state index contributed by atoms with van der Waals surface area (Å²) < 4.78 is 5.53. The summed E-state index contributed by atoms with van der Waals surface area (Å²) in [5, 5.41) is 5.30. The molecule has 0 unspecified atom stereocenters. The molecular formula is C23H20N2O3. The number of benzene rings is 3. The molecule has 5 heteroatoms. The van der Waals surface area contributed by atoms with Crippen LogP contribution < -0.4 is 10.6 Å². The Bertz CT molecular complexity index is 942. The van der Waals surface area contributed by atoms with Gasteiger partial charge in [0.1, 0.15) is 12.8 Å². The molecule has 2 N–H and O–H groups in total. The lowest BCUT2D eigenvalue weighted by Crippen LogP contribution is -2.38. The molecule has 140 valence electrons. The number of fused-ring (bicyclic) bond motifs is 3. The van der Waals surface area contributed by atoms with Crippen LogP contribution >= 0.6 is 0 Å². The zero-order chi connectivity index (χ0) is 19.3. The molecule has 0 radical (unpaired) electrons. The van der Waals surface area contributed by atoms with E-state index in [0.29, 0.717) is 6.41 Å². The fourth-order valence-corrected chi connectivity index (χ4v) is 3.69. The van der Waals surface area contributed by atoms with E-state index < -0.39 is 12.3 Å². The van der Waals surface area contributed by atoms with E-state index in [0.717, 1.165) is 16.7 Å². The van der Waals surface area contributed by atoms with Gasteiger partial charge in [0.05, 0.1) is 0 Å². The van der Waals surface area contributed by atoms with Gasteiger partial charge in [0.15, 0.2) is 0 Å². The molecule has 0 spiro atoms. The highest BCUT2D eigenvalue weighted by Crippen LogP contribution is 2.44. The standard InChI is InChI=1S/C23H20N2O3/c26-15-24-22(16-8-2-1-3-9-16)25-23(27)28-14-21-19-12-6-4-10-17(19)18-11-5-7-13-20(18)21/h1-13,15,21-22H,14H2,(H,24,26)(H,25,27)/t22-/m0/s1. The third kappa shape index (κ3) is 3.47. The Labute approximate surface area is 163 Å². The molecule has 4 rings (SSSR count). The number of carbonyl (C=O) groups excluding carboxylic acids is 2. The van der Waals surface area contributed by atoms with Gasteiger partial charge in [0.2, 0.25) is 6.41 Å². The number of carbonyl (C=O) groups is 2. The number of hydrogen-bond donors (Lipinski definition) is 2. The molecule has 5 nitrogen and oxygen atoms in total. The molecule has 3 aromatic carbocycles. The van der Waals surface area contributed by atoms with E-state index in [2.05, 4.69) is 34.9 Å². The van der Waals surface area contributed by atoms with Crippen molar-refractivity contribution in [3.05, 3.63) is 95.6 Å². The largest absolute Gasteiger partial charge is 0.449 e. The SMILES string of the molecule is O=CN[C@@H](NC(=O)OCC1c2ccccc2-c2ccccc21)c1ccccc1. The van der Waals surface area contributed by atoms with Gasteiger partial charge in [-0.1, -0.05) is 78.9 Å². The molecule has 2 amide bonds. The van der Waals surface area contributed by atoms with Crippen LogP contribution in [0.1, 0.15) is 28.8 Å². The summed E-state index contributed by atoms with van der Waals surface area (Å²) in [6.07, 6.45) is -0.666. The van der Waals surface area contributed by atoms with E-state index in [1.807, 2.05) is 54.6 Å². The lowest BCUT2D eigenvalue weighted by molar-refractivity contribution is -0.110. The average Bonchev–Trinajstić information content (AvgIpc) is 3.06. The van der Waals surface area contributed by atoms with Crippen molar-refractivity contribution in [1.82, 2.24) is 10.6 Å². The quantitative estimate of drug-likeness (QED) is 0.508. The first-order valence-electron chi connectivity index (χ1n) is 9.14. The van der Waals surface area contributed by atoms with Gasteiger partial charge >= 0.3 is 6.09 Å². The number of alkyl carbamates (subject to hydrolysis) is 1. The van der Waals surface area contributed by atoms with Crippen LogP contribution in [-0.4, -0.2) is 19.1 Å². The number of hydrogen-bond acceptors (Lipinski definition) is 3. The van der Waals surface area contributed by atoms with Crippen molar-refractivity contribution in [3.63, 3.8) is 0 Å². The molecule has 0 saturated carbocycles. The van der Waals surface area contributed by atoms with Gasteiger partial charge in [0, 0.05) is 5.92 Å². The van der Waals surface area contributed by atoms with Gasteiger partial charge < -0.3 is 10.1 Å². The van der Waals surface area contributed by atoms with Crippen molar-refractivity contribution in [2.75, 3.05) is 6.61 Å². The third-order valence-electron chi connectivity index (χ3n) is 4.97. The first-order valence-corrected chi connectivity index (χ1v) is 9.14. The lowest BCUT2D eigenvalue weighted by atomic mass is 9.98. The predicted molar refractivity (Wildman–Crippen MR) is 107 cm³/mol. The molecule has 0 aliphatic heterocycles. The summed E-state index contributed by atoms with van der Waals surface area (Å²) in [4.78, 5) is 23.3. The molecule has 1 atom stereocenters. The molecule has 1 aliphatic rings. The third-order valence-corrected chi connectivity index (χ3v) is 4.97. The van der Waals surface area contributed by atoms with Crippen molar-refractivity contribution < 1.29 is 14.3 Å². The summed E-state index contributed by atoms with van der Waals surface area (Å²) >= 11 is 0. The monoisotopic (exact) mass is 372 g/mol. The molecule has 28 heavy (non-hydrogen) atoms. The van der Waals surface area contributed by atoms with Crippen molar-refractivity contribution in [2.45, 2.75) is 12.1 Å². The molecule has 0 heterocycles. The van der Waals surface area contributed by atoms with E-state index in [1.165, 1.54) is 11.1 Å². The molecule has 0 aromatic heterocycles. The van der Waals surface area contributed by atoms with Gasteiger partial charge in [-0.25, -0.2) is 4.79 Å². The van der Waals surface area contributed by atoms with Crippen LogP contribution in [0.3, 0.4) is 0 Å². The van der Waals surface area contributed by atoms with Gasteiger partial charge in [0.25, 0.3) is 0 Å².